The monoisotopic (exact) mass is 134 g/mol. The third kappa shape index (κ3) is 2.31. The molecule has 0 saturated carbocycles. The van der Waals surface area contributed by atoms with Crippen molar-refractivity contribution in [2.45, 2.75) is 0 Å². The van der Waals surface area contributed by atoms with Crippen molar-refractivity contribution in [3.8, 4) is 0 Å². The molecule has 52 valence electrons. The molecule has 0 radical (unpaired) electrons. The first-order valence-corrected chi connectivity index (χ1v) is 3.17. The molecule has 1 rings (SSSR count). The van der Waals surface area contributed by atoms with E-state index in [1.54, 1.807) is 6.34 Å². The van der Waals surface area contributed by atoms with E-state index < -0.39 is 0 Å². The van der Waals surface area contributed by atoms with Gasteiger partial charge in [0.25, 0.3) is 0 Å². The molecule has 0 saturated heterocycles. The Bertz CT molecular complexity index is 199. The molecule has 0 fully saturated rings. The summed E-state index contributed by atoms with van der Waals surface area (Å²) in [7, 11) is 0. The van der Waals surface area contributed by atoms with E-state index in [9.17, 15) is 0 Å². The van der Waals surface area contributed by atoms with Crippen molar-refractivity contribution in [3.05, 3.63) is 36.6 Å². The van der Waals surface area contributed by atoms with Crippen LogP contribution in [0.1, 0.15) is 0 Å². The van der Waals surface area contributed by atoms with Gasteiger partial charge in [-0.05, 0) is 6.08 Å². The smallest absolute Gasteiger partial charge is 0.0888 e. The lowest BCUT2D eigenvalue weighted by Gasteiger charge is -1.89. The van der Waals surface area contributed by atoms with E-state index in [0.717, 1.165) is 12.2 Å². The zero-order valence-corrected chi connectivity index (χ0v) is 5.75. The molecule has 2 heteroatoms. The van der Waals surface area contributed by atoms with Gasteiger partial charge in [0, 0.05) is 6.54 Å². The standard InChI is InChI=1S/C8H10N2/c1-8-5-3-2-4-6-9-7-10-8/h2-5,7H,1,6H2,(H,9,10)/b4-2-,5-3-. The van der Waals surface area contributed by atoms with Crippen LogP contribution in [-0.2, 0) is 0 Å². The fourth-order valence-electron chi connectivity index (χ4n) is 0.606. The zero-order valence-electron chi connectivity index (χ0n) is 5.75. The van der Waals surface area contributed by atoms with E-state index in [-0.39, 0.29) is 0 Å². The highest BCUT2D eigenvalue weighted by Crippen LogP contribution is 1.93. The Morgan fingerprint density at radius 3 is 3.30 bits per heavy atom. The van der Waals surface area contributed by atoms with E-state index in [4.69, 9.17) is 0 Å². The average molecular weight is 134 g/mol. The topological polar surface area (TPSA) is 24.4 Å². The van der Waals surface area contributed by atoms with Crippen LogP contribution in [0.15, 0.2) is 41.6 Å². The summed E-state index contributed by atoms with van der Waals surface area (Å²) in [5.41, 5.74) is 0.763. The van der Waals surface area contributed by atoms with Gasteiger partial charge in [-0.15, -0.1) is 0 Å². The highest BCUT2D eigenvalue weighted by atomic mass is 14.9. The minimum absolute atomic E-state index is 0.763. The molecule has 0 aromatic carbocycles. The van der Waals surface area contributed by atoms with Crippen molar-refractivity contribution >= 4 is 6.34 Å². The van der Waals surface area contributed by atoms with Crippen molar-refractivity contribution in [1.82, 2.24) is 5.32 Å². The second kappa shape index (κ2) is 3.67. The Morgan fingerprint density at radius 1 is 1.50 bits per heavy atom. The molecule has 0 aromatic heterocycles. The van der Waals surface area contributed by atoms with Crippen molar-refractivity contribution in [2.75, 3.05) is 6.54 Å². The number of nitrogens with zero attached hydrogens (tertiary/aromatic N) is 1. The van der Waals surface area contributed by atoms with Crippen molar-refractivity contribution in [3.63, 3.8) is 0 Å². The molecular weight excluding hydrogens is 124 g/mol. The summed E-state index contributed by atoms with van der Waals surface area (Å²) in [5, 5.41) is 2.98. The quantitative estimate of drug-likeness (QED) is 0.529. The van der Waals surface area contributed by atoms with Crippen LogP contribution in [0.3, 0.4) is 0 Å². The van der Waals surface area contributed by atoms with Crippen LogP contribution in [0.25, 0.3) is 0 Å². The Morgan fingerprint density at radius 2 is 2.40 bits per heavy atom. The maximum atomic E-state index is 3.99. The summed E-state index contributed by atoms with van der Waals surface area (Å²) < 4.78 is 0. The average Bonchev–Trinajstić information content (AvgIpc) is 2.02. The molecular formula is C8H10N2. The van der Waals surface area contributed by atoms with Gasteiger partial charge in [-0.1, -0.05) is 24.8 Å². The number of hydrogen-bond donors (Lipinski definition) is 1. The molecule has 1 aliphatic heterocycles. The first-order valence-electron chi connectivity index (χ1n) is 3.17. The number of rotatable bonds is 0. The highest BCUT2D eigenvalue weighted by molar-refractivity contribution is 5.57. The second-order valence-electron chi connectivity index (χ2n) is 1.95. The van der Waals surface area contributed by atoms with Gasteiger partial charge in [-0.2, -0.15) is 0 Å². The third-order valence-corrected chi connectivity index (χ3v) is 1.09. The predicted molar refractivity (Wildman–Crippen MR) is 43.9 cm³/mol. The summed E-state index contributed by atoms with van der Waals surface area (Å²) in [4.78, 5) is 3.99. The summed E-state index contributed by atoms with van der Waals surface area (Å²) in [6.45, 7) is 4.52. The van der Waals surface area contributed by atoms with E-state index in [2.05, 4.69) is 16.9 Å². The molecule has 1 N–H and O–H groups in total. The van der Waals surface area contributed by atoms with Crippen molar-refractivity contribution in [2.24, 2.45) is 4.99 Å². The lowest BCUT2D eigenvalue weighted by molar-refractivity contribution is 1.07. The van der Waals surface area contributed by atoms with Gasteiger partial charge in [0.1, 0.15) is 0 Å². The normalized spacial score (nSPS) is 27.0. The first-order chi connectivity index (χ1) is 4.89. The van der Waals surface area contributed by atoms with Gasteiger partial charge < -0.3 is 5.32 Å². The van der Waals surface area contributed by atoms with Gasteiger partial charge in [-0.3, -0.25) is 0 Å². The van der Waals surface area contributed by atoms with Crippen LogP contribution in [-0.4, -0.2) is 12.9 Å². The van der Waals surface area contributed by atoms with Gasteiger partial charge in [-0.25, -0.2) is 4.99 Å². The lowest BCUT2D eigenvalue weighted by atomic mass is 10.4. The lowest BCUT2D eigenvalue weighted by Crippen LogP contribution is -2.09. The van der Waals surface area contributed by atoms with Crippen molar-refractivity contribution < 1.29 is 0 Å². The number of aliphatic imine (C=N–C) groups is 1. The molecule has 0 amide bonds. The maximum absolute atomic E-state index is 3.99. The van der Waals surface area contributed by atoms with Crippen LogP contribution >= 0.6 is 0 Å². The molecule has 2 nitrogen and oxygen atoms in total. The van der Waals surface area contributed by atoms with Gasteiger partial charge in [0.2, 0.25) is 0 Å². The van der Waals surface area contributed by atoms with E-state index >= 15 is 0 Å². The van der Waals surface area contributed by atoms with Crippen LogP contribution in [0.4, 0.5) is 0 Å². The fraction of sp³-hybridized carbons (Fsp3) is 0.125. The molecule has 0 atom stereocenters. The van der Waals surface area contributed by atoms with Crippen molar-refractivity contribution in [1.29, 1.82) is 0 Å². The summed E-state index contributed by atoms with van der Waals surface area (Å²) in [5.74, 6) is 0. The van der Waals surface area contributed by atoms with Gasteiger partial charge in [0.05, 0.1) is 12.0 Å². The van der Waals surface area contributed by atoms with Gasteiger partial charge >= 0.3 is 0 Å². The number of allylic oxidation sites excluding steroid dienone is 3. The second-order valence-corrected chi connectivity index (χ2v) is 1.95. The minimum atomic E-state index is 0.763. The van der Waals surface area contributed by atoms with Crippen LogP contribution in [0.5, 0.6) is 0 Å². The predicted octanol–water partition coefficient (Wildman–Crippen LogP) is 1.24. The highest BCUT2D eigenvalue weighted by Gasteiger charge is 1.80. The molecule has 1 heterocycles. The number of hydrogen-bond acceptors (Lipinski definition) is 2. The van der Waals surface area contributed by atoms with E-state index in [0.29, 0.717) is 0 Å². The first kappa shape index (κ1) is 6.81. The Labute approximate surface area is 60.7 Å². The summed E-state index contributed by atoms with van der Waals surface area (Å²) >= 11 is 0. The molecule has 0 aliphatic carbocycles. The Balaban J connectivity index is 2.64. The third-order valence-electron chi connectivity index (χ3n) is 1.09. The summed E-state index contributed by atoms with van der Waals surface area (Å²) in [6.07, 6.45) is 9.42. The van der Waals surface area contributed by atoms with Gasteiger partial charge in [0.15, 0.2) is 0 Å². The molecule has 0 spiro atoms. The number of nitrogens with one attached hydrogen (secondary N) is 1. The summed E-state index contributed by atoms with van der Waals surface area (Å²) in [6, 6.07) is 0. The molecule has 0 bridgehead atoms. The Kier molecular flexibility index (Phi) is 2.49. The molecule has 0 aromatic rings. The van der Waals surface area contributed by atoms with Crippen LogP contribution in [0.2, 0.25) is 0 Å². The maximum Gasteiger partial charge on any atom is 0.0888 e. The van der Waals surface area contributed by atoms with E-state index in [1.165, 1.54) is 0 Å². The minimum Gasteiger partial charge on any atom is -0.373 e. The molecule has 10 heavy (non-hydrogen) atoms. The van der Waals surface area contributed by atoms with Crippen LogP contribution in [0, 0.1) is 0 Å². The molecule has 0 unspecified atom stereocenters. The van der Waals surface area contributed by atoms with E-state index in [1.807, 2.05) is 24.3 Å². The molecule has 1 aliphatic rings. The van der Waals surface area contributed by atoms with Crippen LogP contribution < -0.4 is 5.32 Å². The SMILES string of the molecule is C=C1/C=C\C=C/CN/C=N\1. The fourth-order valence-corrected chi connectivity index (χ4v) is 0.606. The Hall–Kier alpha value is -1.31. The largest absolute Gasteiger partial charge is 0.373 e. The zero-order chi connectivity index (χ0) is 7.23.